The Morgan fingerprint density at radius 2 is 2.00 bits per heavy atom. The van der Waals surface area contributed by atoms with E-state index in [9.17, 15) is 28.7 Å². The first kappa shape index (κ1) is 26.9. The van der Waals surface area contributed by atoms with Crippen molar-refractivity contribution in [3.63, 3.8) is 0 Å². The number of carbonyl (C=O) groups excluding carboxylic acids is 2. The number of hydrogen-bond acceptors (Lipinski definition) is 7. The van der Waals surface area contributed by atoms with E-state index in [2.05, 4.69) is 0 Å². The number of primary amides is 1. The first-order chi connectivity index (χ1) is 19.1. The summed E-state index contributed by atoms with van der Waals surface area (Å²) in [6, 6.07) is 6.25. The molecule has 3 N–H and O–H groups in total. The zero-order chi connectivity index (χ0) is 28.7. The average Bonchev–Trinajstić information content (AvgIpc) is 3.19. The molecule has 1 saturated heterocycles. The van der Waals surface area contributed by atoms with Gasteiger partial charge in [0.2, 0.25) is 12.3 Å². The number of aromatic carboxylic acids is 1. The topological polar surface area (TPSA) is 144 Å². The third-order valence-corrected chi connectivity index (χ3v) is 7.20. The molecule has 0 bridgehead atoms. The fraction of sp³-hybridized carbons (Fsp3) is 0.333. The second kappa shape index (κ2) is 10.5. The number of ether oxygens (including phenoxy) is 2. The maximum absolute atomic E-state index is 15.7. The van der Waals surface area contributed by atoms with Crippen molar-refractivity contribution >= 4 is 40.2 Å². The van der Waals surface area contributed by atoms with Crippen molar-refractivity contribution in [3.8, 4) is 5.75 Å². The first-order valence-corrected chi connectivity index (χ1v) is 12.6. The Bertz CT molecular complexity index is 1610. The number of cyclic esters (lactones) is 1. The van der Waals surface area contributed by atoms with Gasteiger partial charge >= 0.3 is 12.1 Å². The van der Waals surface area contributed by atoms with E-state index in [0.29, 0.717) is 25.1 Å². The fourth-order valence-electron chi connectivity index (χ4n) is 5.30. The van der Waals surface area contributed by atoms with Gasteiger partial charge < -0.3 is 29.8 Å². The number of rotatable bonds is 7. The molecule has 3 heterocycles. The van der Waals surface area contributed by atoms with Crippen LogP contribution in [0.3, 0.4) is 0 Å². The van der Waals surface area contributed by atoms with Gasteiger partial charge in [0.15, 0.2) is 17.7 Å². The Morgan fingerprint density at radius 1 is 1.23 bits per heavy atom. The van der Waals surface area contributed by atoms with Gasteiger partial charge in [-0.1, -0.05) is 6.07 Å². The van der Waals surface area contributed by atoms with Crippen LogP contribution in [0.4, 0.5) is 25.0 Å². The van der Waals surface area contributed by atoms with E-state index in [0.717, 1.165) is 23.4 Å². The van der Waals surface area contributed by atoms with Gasteiger partial charge in [0, 0.05) is 31.5 Å². The van der Waals surface area contributed by atoms with Crippen LogP contribution >= 0.6 is 0 Å². The lowest BCUT2D eigenvalue weighted by atomic mass is 10.0. The minimum Gasteiger partial charge on any atom is -0.477 e. The second-order valence-electron chi connectivity index (χ2n) is 9.51. The molecular formula is C27H26F2N4O7. The Hall–Kier alpha value is -4.68. The summed E-state index contributed by atoms with van der Waals surface area (Å²) in [6.07, 6.45) is 0.566. The lowest BCUT2D eigenvalue weighted by Crippen LogP contribution is -2.32. The smallest absolute Gasteiger partial charge is 0.415 e. The molecule has 13 heteroatoms. The highest BCUT2D eigenvalue weighted by Gasteiger charge is 2.36. The van der Waals surface area contributed by atoms with Crippen LogP contribution in [0.2, 0.25) is 0 Å². The van der Waals surface area contributed by atoms with Crippen LogP contribution in [-0.2, 0) is 29.0 Å². The van der Waals surface area contributed by atoms with Crippen molar-refractivity contribution in [1.29, 1.82) is 0 Å². The number of aromatic nitrogens is 1. The van der Waals surface area contributed by atoms with Crippen molar-refractivity contribution in [2.24, 2.45) is 5.73 Å². The van der Waals surface area contributed by atoms with E-state index >= 15 is 4.39 Å². The van der Waals surface area contributed by atoms with Gasteiger partial charge in [-0.05, 0) is 49.1 Å². The van der Waals surface area contributed by atoms with Gasteiger partial charge in [-0.25, -0.2) is 18.4 Å². The Morgan fingerprint density at radius 3 is 2.65 bits per heavy atom. The van der Waals surface area contributed by atoms with Crippen LogP contribution in [-0.4, -0.2) is 53.7 Å². The van der Waals surface area contributed by atoms with Gasteiger partial charge in [-0.2, -0.15) is 0 Å². The van der Waals surface area contributed by atoms with Crippen molar-refractivity contribution in [2.45, 2.75) is 39.0 Å². The highest BCUT2D eigenvalue weighted by Crippen LogP contribution is 2.40. The molecule has 3 aromatic rings. The van der Waals surface area contributed by atoms with Crippen LogP contribution in [0, 0.1) is 5.82 Å². The number of hydrogen-bond donors (Lipinski definition) is 2. The van der Waals surface area contributed by atoms with Crippen molar-refractivity contribution < 1.29 is 37.7 Å². The number of nitrogens with two attached hydrogens (primary N) is 1. The summed E-state index contributed by atoms with van der Waals surface area (Å²) in [7, 11) is 0. The van der Waals surface area contributed by atoms with Crippen LogP contribution in [0.1, 0.15) is 34.8 Å². The number of anilines is 2. The molecule has 2 aromatic carbocycles. The van der Waals surface area contributed by atoms with E-state index in [1.807, 2.05) is 0 Å². The quantitative estimate of drug-likeness (QED) is 0.452. The van der Waals surface area contributed by atoms with Gasteiger partial charge in [-0.3, -0.25) is 14.5 Å². The summed E-state index contributed by atoms with van der Waals surface area (Å²) in [5.74, 6) is -3.23. The number of amides is 2. The summed E-state index contributed by atoms with van der Waals surface area (Å²) >= 11 is 0. The van der Waals surface area contributed by atoms with E-state index in [1.54, 1.807) is 30.0 Å². The highest BCUT2D eigenvalue weighted by atomic mass is 19.1. The zero-order valence-corrected chi connectivity index (χ0v) is 21.5. The van der Waals surface area contributed by atoms with E-state index in [1.165, 1.54) is 9.47 Å². The number of halogens is 2. The summed E-state index contributed by atoms with van der Waals surface area (Å²) in [6.45, 7) is 1.18. The van der Waals surface area contributed by atoms with Crippen molar-refractivity contribution in [2.75, 3.05) is 29.7 Å². The number of carbonyl (C=O) groups is 3. The predicted molar refractivity (Wildman–Crippen MR) is 140 cm³/mol. The molecule has 1 unspecified atom stereocenters. The highest BCUT2D eigenvalue weighted by molar-refractivity contribution is 5.97. The van der Waals surface area contributed by atoms with Crippen LogP contribution in [0.15, 0.2) is 35.3 Å². The van der Waals surface area contributed by atoms with Crippen molar-refractivity contribution in [3.05, 3.63) is 63.2 Å². The molecule has 1 atom stereocenters. The minimum atomic E-state index is -1.46. The van der Waals surface area contributed by atoms with Crippen molar-refractivity contribution in [1.82, 2.24) is 4.57 Å². The number of benzene rings is 2. The fourth-order valence-corrected chi connectivity index (χ4v) is 5.30. The monoisotopic (exact) mass is 556 g/mol. The van der Waals surface area contributed by atoms with Gasteiger partial charge in [-0.15, -0.1) is 0 Å². The van der Waals surface area contributed by atoms with E-state index < -0.39 is 47.7 Å². The number of carboxylic acid groups (broad SMARTS) is 1. The summed E-state index contributed by atoms with van der Waals surface area (Å²) in [4.78, 5) is 51.3. The molecule has 0 radical (unpaired) electrons. The number of nitrogens with zero attached hydrogens (tertiary/aromatic N) is 3. The number of pyridine rings is 1. The number of aryl methyl sites for hydroxylation is 2. The van der Waals surface area contributed by atoms with Crippen LogP contribution in [0.25, 0.3) is 10.9 Å². The normalized spacial score (nSPS) is 17.0. The number of carboxylic acids is 1. The third-order valence-electron chi connectivity index (χ3n) is 7.20. The third kappa shape index (κ3) is 4.56. The van der Waals surface area contributed by atoms with Gasteiger partial charge in [0.25, 0.3) is 5.91 Å². The Labute approximate surface area is 226 Å². The maximum Gasteiger partial charge on any atom is 0.415 e. The lowest BCUT2D eigenvalue weighted by molar-refractivity contribution is -0.124. The Kier molecular flexibility index (Phi) is 7.04. The van der Waals surface area contributed by atoms with Crippen LogP contribution in [0.5, 0.6) is 5.75 Å². The Balaban J connectivity index is 1.57. The molecule has 2 amide bonds. The molecule has 2 aliphatic rings. The van der Waals surface area contributed by atoms with Crippen LogP contribution < -0.4 is 25.7 Å². The molecule has 5 rings (SSSR count). The standard InChI is InChI=1S/C27H26F2N4O7/c1-2-31-11-18(26(36)37)23(34)17-9-19(29)22(24(21(17)31)39-13-28)32-7-3-4-14-8-16(6-5-15(14)10-32)33-12-20(25(30)35)40-27(33)38/h5-6,8-9,11,20H,2-4,7,10,12-13H2,1H3,(H2,30,35)(H,36,37). The average molecular weight is 557 g/mol. The van der Waals surface area contributed by atoms with E-state index in [4.69, 9.17) is 15.2 Å². The molecule has 11 nitrogen and oxygen atoms in total. The SMILES string of the molecule is CCn1cc(C(=O)O)c(=O)c2cc(F)c(N3CCCc4cc(N5CC(C(N)=O)OC5=O)ccc4C3)c(OCF)c21. The largest absolute Gasteiger partial charge is 0.477 e. The number of alkyl halides is 1. The molecule has 0 aliphatic carbocycles. The van der Waals surface area contributed by atoms with E-state index in [-0.39, 0.29) is 42.0 Å². The molecular weight excluding hydrogens is 530 g/mol. The van der Waals surface area contributed by atoms with Gasteiger partial charge in [0.05, 0.1) is 17.4 Å². The molecule has 1 fully saturated rings. The summed E-state index contributed by atoms with van der Waals surface area (Å²) < 4.78 is 41.1. The minimum absolute atomic E-state index is 0.00592. The molecule has 40 heavy (non-hydrogen) atoms. The first-order valence-electron chi connectivity index (χ1n) is 12.6. The molecule has 2 aliphatic heterocycles. The predicted octanol–water partition coefficient (Wildman–Crippen LogP) is 2.93. The molecule has 210 valence electrons. The van der Waals surface area contributed by atoms with Gasteiger partial charge in [0.1, 0.15) is 11.3 Å². The second-order valence-corrected chi connectivity index (χ2v) is 9.51. The number of fused-ring (bicyclic) bond motifs is 2. The summed E-state index contributed by atoms with van der Waals surface area (Å²) in [5, 5.41) is 9.23. The molecule has 0 saturated carbocycles. The molecule has 1 aromatic heterocycles. The lowest BCUT2D eigenvalue weighted by Gasteiger charge is -2.27. The zero-order valence-electron chi connectivity index (χ0n) is 21.5. The summed E-state index contributed by atoms with van der Waals surface area (Å²) in [5.41, 5.74) is 6.14. The molecule has 0 spiro atoms. The maximum atomic E-state index is 15.7.